The zero-order valence-electron chi connectivity index (χ0n) is 14.9. The third-order valence-electron chi connectivity index (χ3n) is 3.77. The van der Waals surface area contributed by atoms with E-state index in [9.17, 15) is 9.18 Å². The largest absolute Gasteiger partial charge is 0.493 e. The Balaban J connectivity index is 1.49. The molecule has 3 rings (SSSR count). The molecule has 0 atom stereocenters. The first-order chi connectivity index (χ1) is 13.2. The van der Waals surface area contributed by atoms with E-state index >= 15 is 0 Å². The summed E-state index contributed by atoms with van der Waals surface area (Å²) in [6.07, 6.45) is 1.71. The predicted octanol–water partition coefficient (Wildman–Crippen LogP) is 4.14. The number of nitrogens with zero attached hydrogens (tertiary/aromatic N) is 1. The van der Waals surface area contributed by atoms with E-state index in [1.54, 1.807) is 30.5 Å². The molecule has 0 saturated carbocycles. The summed E-state index contributed by atoms with van der Waals surface area (Å²) >= 11 is 1.50. The quantitative estimate of drug-likeness (QED) is 0.452. The number of aromatic amines is 1. The highest BCUT2D eigenvalue weighted by Gasteiger charge is 2.11. The van der Waals surface area contributed by atoms with Crippen LogP contribution in [0, 0.1) is 5.82 Å². The average molecular weight is 385 g/mol. The van der Waals surface area contributed by atoms with E-state index in [-0.39, 0.29) is 11.7 Å². The van der Waals surface area contributed by atoms with Crippen LogP contribution in [0.4, 0.5) is 4.39 Å². The van der Waals surface area contributed by atoms with Crippen molar-refractivity contribution in [2.45, 2.75) is 12.1 Å². The summed E-state index contributed by atoms with van der Waals surface area (Å²) < 4.78 is 18.5. The molecular formula is C20H20FN3O2S. The molecule has 5 nitrogen and oxygen atoms in total. The second-order valence-electron chi connectivity index (χ2n) is 5.64. The van der Waals surface area contributed by atoms with Gasteiger partial charge in [-0.05, 0) is 48.9 Å². The first-order valence-corrected chi connectivity index (χ1v) is 9.59. The molecule has 3 aromatic rings. The number of carbonyl (C=O) groups is 1. The van der Waals surface area contributed by atoms with Gasteiger partial charge < -0.3 is 15.0 Å². The number of hydrogen-bond acceptors (Lipinski definition) is 4. The fourth-order valence-corrected chi connectivity index (χ4v) is 3.20. The SMILES string of the molecule is CCOc1ccccc1C(=O)NCCSc1ncc(-c2ccc(F)cc2)[nH]1. The highest BCUT2D eigenvalue weighted by atomic mass is 32.2. The summed E-state index contributed by atoms with van der Waals surface area (Å²) in [6, 6.07) is 13.4. The van der Waals surface area contributed by atoms with Crippen LogP contribution in [-0.2, 0) is 0 Å². The average Bonchev–Trinajstić information content (AvgIpc) is 3.15. The summed E-state index contributed by atoms with van der Waals surface area (Å²) in [4.78, 5) is 19.8. The molecule has 140 valence electrons. The molecule has 2 aromatic carbocycles. The molecule has 1 heterocycles. The van der Waals surface area contributed by atoms with Crippen molar-refractivity contribution >= 4 is 17.7 Å². The van der Waals surface area contributed by atoms with Gasteiger partial charge in [-0.25, -0.2) is 9.37 Å². The molecule has 0 fully saturated rings. The minimum atomic E-state index is -0.269. The fourth-order valence-electron chi connectivity index (χ4n) is 2.50. The van der Waals surface area contributed by atoms with Crippen molar-refractivity contribution in [3.8, 4) is 17.0 Å². The second kappa shape index (κ2) is 9.23. The van der Waals surface area contributed by atoms with Crippen molar-refractivity contribution in [1.29, 1.82) is 0 Å². The number of ether oxygens (including phenoxy) is 1. The van der Waals surface area contributed by atoms with E-state index in [1.807, 2.05) is 19.1 Å². The number of rotatable bonds is 8. The number of aromatic nitrogens is 2. The molecule has 0 saturated heterocycles. The first-order valence-electron chi connectivity index (χ1n) is 8.61. The lowest BCUT2D eigenvalue weighted by Crippen LogP contribution is -2.26. The smallest absolute Gasteiger partial charge is 0.255 e. The lowest BCUT2D eigenvalue weighted by Gasteiger charge is -2.10. The third-order valence-corrected chi connectivity index (χ3v) is 4.65. The maximum atomic E-state index is 13.0. The first kappa shape index (κ1) is 19.0. The van der Waals surface area contributed by atoms with E-state index in [4.69, 9.17) is 4.74 Å². The Morgan fingerprint density at radius 1 is 1.22 bits per heavy atom. The summed E-state index contributed by atoms with van der Waals surface area (Å²) in [6.45, 7) is 2.89. The molecule has 1 amide bonds. The van der Waals surface area contributed by atoms with Crippen LogP contribution in [0.15, 0.2) is 59.9 Å². The van der Waals surface area contributed by atoms with Gasteiger partial charge in [0.1, 0.15) is 11.6 Å². The maximum Gasteiger partial charge on any atom is 0.255 e. The Labute approximate surface area is 161 Å². The van der Waals surface area contributed by atoms with Gasteiger partial charge in [-0.1, -0.05) is 23.9 Å². The number of para-hydroxylation sites is 1. The van der Waals surface area contributed by atoms with Crippen molar-refractivity contribution in [2.24, 2.45) is 0 Å². The van der Waals surface area contributed by atoms with E-state index < -0.39 is 0 Å². The molecule has 0 spiro atoms. The Morgan fingerprint density at radius 2 is 2.00 bits per heavy atom. The van der Waals surface area contributed by atoms with Crippen LogP contribution in [0.2, 0.25) is 0 Å². The minimum Gasteiger partial charge on any atom is -0.493 e. The van der Waals surface area contributed by atoms with Gasteiger partial charge in [-0.2, -0.15) is 0 Å². The van der Waals surface area contributed by atoms with Crippen LogP contribution in [0.1, 0.15) is 17.3 Å². The molecule has 0 bridgehead atoms. The summed E-state index contributed by atoms with van der Waals surface area (Å²) in [5.41, 5.74) is 2.23. The number of hydrogen-bond donors (Lipinski definition) is 2. The number of thioether (sulfide) groups is 1. The monoisotopic (exact) mass is 385 g/mol. The zero-order valence-corrected chi connectivity index (χ0v) is 15.7. The summed E-state index contributed by atoms with van der Waals surface area (Å²) in [7, 11) is 0. The molecule has 2 N–H and O–H groups in total. The van der Waals surface area contributed by atoms with E-state index in [0.29, 0.717) is 30.2 Å². The van der Waals surface area contributed by atoms with Crippen LogP contribution in [0.25, 0.3) is 11.3 Å². The number of imidazole rings is 1. The molecule has 0 radical (unpaired) electrons. The molecule has 0 aliphatic rings. The molecule has 0 aliphatic heterocycles. The Bertz CT molecular complexity index is 896. The molecule has 7 heteroatoms. The normalized spacial score (nSPS) is 10.6. The van der Waals surface area contributed by atoms with Crippen LogP contribution < -0.4 is 10.1 Å². The van der Waals surface area contributed by atoms with Crippen molar-refractivity contribution < 1.29 is 13.9 Å². The standard InChI is InChI=1S/C20H20FN3O2S/c1-2-26-18-6-4-3-5-16(18)19(25)22-11-12-27-20-23-13-17(24-20)14-7-9-15(21)10-8-14/h3-10,13H,2,11-12H2,1H3,(H,22,25)(H,23,24). The highest BCUT2D eigenvalue weighted by Crippen LogP contribution is 2.22. The number of nitrogens with one attached hydrogen (secondary N) is 2. The highest BCUT2D eigenvalue weighted by molar-refractivity contribution is 7.99. The van der Waals surface area contributed by atoms with Crippen LogP contribution in [0.3, 0.4) is 0 Å². The van der Waals surface area contributed by atoms with Crippen LogP contribution >= 0.6 is 11.8 Å². The van der Waals surface area contributed by atoms with Crippen molar-refractivity contribution in [3.05, 3.63) is 66.1 Å². The topological polar surface area (TPSA) is 67.0 Å². The predicted molar refractivity (Wildman–Crippen MR) is 105 cm³/mol. The van der Waals surface area contributed by atoms with Crippen molar-refractivity contribution in [2.75, 3.05) is 18.9 Å². The molecule has 0 unspecified atom stereocenters. The zero-order chi connectivity index (χ0) is 19.1. The maximum absolute atomic E-state index is 13.0. The molecular weight excluding hydrogens is 365 g/mol. The lowest BCUT2D eigenvalue weighted by molar-refractivity contribution is 0.0952. The number of H-pyrrole nitrogens is 1. The van der Waals surface area contributed by atoms with Gasteiger partial charge in [0.2, 0.25) is 0 Å². The van der Waals surface area contributed by atoms with E-state index in [1.165, 1.54) is 23.9 Å². The van der Waals surface area contributed by atoms with Gasteiger partial charge in [-0.15, -0.1) is 0 Å². The summed E-state index contributed by atoms with van der Waals surface area (Å²) in [5, 5.41) is 3.64. The number of benzene rings is 2. The Hall–Kier alpha value is -2.80. The lowest BCUT2D eigenvalue weighted by atomic mass is 10.2. The van der Waals surface area contributed by atoms with Gasteiger partial charge >= 0.3 is 0 Å². The number of halogens is 1. The van der Waals surface area contributed by atoms with Crippen molar-refractivity contribution in [3.63, 3.8) is 0 Å². The number of carbonyl (C=O) groups excluding carboxylic acids is 1. The van der Waals surface area contributed by atoms with E-state index in [2.05, 4.69) is 15.3 Å². The Morgan fingerprint density at radius 3 is 2.78 bits per heavy atom. The molecule has 27 heavy (non-hydrogen) atoms. The number of amides is 1. The van der Waals surface area contributed by atoms with Gasteiger partial charge in [0.15, 0.2) is 5.16 Å². The van der Waals surface area contributed by atoms with Gasteiger partial charge in [0.05, 0.1) is 24.1 Å². The van der Waals surface area contributed by atoms with Gasteiger partial charge in [0.25, 0.3) is 5.91 Å². The fraction of sp³-hybridized carbons (Fsp3) is 0.200. The van der Waals surface area contributed by atoms with Crippen LogP contribution in [0.5, 0.6) is 5.75 Å². The van der Waals surface area contributed by atoms with Gasteiger partial charge in [0, 0.05) is 12.3 Å². The van der Waals surface area contributed by atoms with Crippen molar-refractivity contribution in [1.82, 2.24) is 15.3 Å². The Kier molecular flexibility index (Phi) is 6.49. The second-order valence-corrected chi connectivity index (χ2v) is 6.73. The van der Waals surface area contributed by atoms with E-state index in [0.717, 1.165) is 16.4 Å². The molecule has 1 aromatic heterocycles. The minimum absolute atomic E-state index is 0.161. The van der Waals surface area contributed by atoms with Gasteiger partial charge in [-0.3, -0.25) is 4.79 Å². The van der Waals surface area contributed by atoms with Crippen LogP contribution in [-0.4, -0.2) is 34.8 Å². The third kappa shape index (κ3) is 5.10. The molecule has 0 aliphatic carbocycles. The summed E-state index contributed by atoms with van der Waals surface area (Å²) in [5.74, 6) is 0.819.